The van der Waals surface area contributed by atoms with Crippen LogP contribution in [0.1, 0.15) is 21.7 Å². The lowest BCUT2D eigenvalue weighted by atomic mass is 10.1. The van der Waals surface area contributed by atoms with Crippen LogP contribution in [0.15, 0.2) is 59.2 Å². The van der Waals surface area contributed by atoms with Crippen molar-refractivity contribution in [3.8, 4) is 11.5 Å². The molecule has 8 nitrogen and oxygen atoms in total. The SMILES string of the molecule is CNC(=O)c1ccc(CN(CC(=O)Nc2cc3c(cc2Cl)OCCO3)Cc2ccco2)cc1. The van der Waals surface area contributed by atoms with Gasteiger partial charge in [-0.1, -0.05) is 23.7 Å². The molecule has 0 saturated heterocycles. The molecule has 2 amide bonds. The van der Waals surface area contributed by atoms with E-state index in [4.69, 9.17) is 25.5 Å². The molecule has 0 unspecified atom stereocenters. The molecule has 2 aromatic carbocycles. The van der Waals surface area contributed by atoms with E-state index in [9.17, 15) is 9.59 Å². The van der Waals surface area contributed by atoms with E-state index >= 15 is 0 Å². The van der Waals surface area contributed by atoms with E-state index in [1.807, 2.05) is 23.1 Å². The first kappa shape index (κ1) is 22.7. The number of furan rings is 1. The van der Waals surface area contributed by atoms with Crippen LogP contribution < -0.4 is 20.1 Å². The maximum absolute atomic E-state index is 12.9. The zero-order valence-corrected chi connectivity index (χ0v) is 18.9. The molecule has 0 bridgehead atoms. The summed E-state index contributed by atoms with van der Waals surface area (Å²) in [7, 11) is 1.59. The fraction of sp³-hybridized carbons (Fsp3) is 0.250. The number of nitrogens with one attached hydrogen (secondary N) is 2. The van der Waals surface area contributed by atoms with E-state index < -0.39 is 0 Å². The zero-order valence-electron chi connectivity index (χ0n) is 18.1. The Labute approximate surface area is 196 Å². The molecule has 9 heteroatoms. The third-order valence-electron chi connectivity index (χ3n) is 5.08. The molecule has 172 valence electrons. The number of fused-ring (bicyclic) bond motifs is 1. The van der Waals surface area contributed by atoms with Gasteiger partial charge in [-0.2, -0.15) is 0 Å². The van der Waals surface area contributed by atoms with Crippen LogP contribution in [0, 0.1) is 0 Å². The molecule has 1 aliphatic heterocycles. The molecule has 4 rings (SSSR count). The number of hydrogen-bond acceptors (Lipinski definition) is 6. The van der Waals surface area contributed by atoms with E-state index in [0.717, 1.165) is 11.3 Å². The minimum Gasteiger partial charge on any atom is -0.486 e. The van der Waals surface area contributed by atoms with Gasteiger partial charge < -0.3 is 24.5 Å². The molecular formula is C24H24ClN3O5. The van der Waals surface area contributed by atoms with Crippen molar-refractivity contribution in [1.82, 2.24) is 10.2 Å². The lowest BCUT2D eigenvalue weighted by Gasteiger charge is -2.22. The number of hydrogen-bond donors (Lipinski definition) is 2. The fourth-order valence-corrected chi connectivity index (χ4v) is 3.71. The van der Waals surface area contributed by atoms with Gasteiger partial charge in [-0.3, -0.25) is 14.5 Å². The summed E-state index contributed by atoms with van der Waals surface area (Å²) in [6.07, 6.45) is 1.60. The summed E-state index contributed by atoms with van der Waals surface area (Å²) in [6, 6.07) is 14.2. The molecule has 0 spiro atoms. The number of anilines is 1. The molecule has 1 aromatic heterocycles. The monoisotopic (exact) mass is 469 g/mol. The molecule has 2 N–H and O–H groups in total. The molecule has 0 fully saturated rings. The van der Waals surface area contributed by atoms with Crippen LogP contribution in [-0.2, 0) is 17.9 Å². The van der Waals surface area contributed by atoms with Crippen molar-refractivity contribution in [3.63, 3.8) is 0 Å². The molecule has 2 heterocycles. The van der Waals surface area contributed by atoms with E-state index in [1.165, 1.54) is 0 Å². The standard InChI is InChI=1S/C24H24ClN3O5/c1-26-24(30)17-6-4-16(5-7-17)13-28(14-18-3-2-8-31-18)15-23(29)27-20-12-22-21(11-19(20)25)32-9-10-33-22/h2-8,11-12H,9-10,13-15H2,1H3,(H,26,30)(H,27,29). The molecule has 0 aliphatic carbocycles. The van der Waals surface area contributed by atoms with Gasteiger partial charge in [0.1, 0.15) is 19.0 Å². The average Bonchev–Trinajstić information content (AvgIpc) is 3.32. The van der Waals surface area contributed by atoms with Crippen molar-refractivity contribution in [2.75, 3.05) is 32.1 Å². The van der Waals surface area contributed by atoms with E-state index in [2.05, 4.69) is 10.6 Å². The van der Waals surface area contributed by atoms with Crippen molar-refractivity contribution in [2.45, 2.75) is 13.1 Å². The van der Waals surface area contributed by atoms with Gasteiger partial charge in [-0.25, -0.2) is 0 Å². The molecule has 0 saturated carbocycles. The third kappa shape index (κ3) is 5.85. The molecular weight excluding hydrogens is 446 g/mol. The number of rotatable bonds is 8. The Hall–Kier alpha value is -3.49. The van der Waals surface area contributed by atoms with Crippen LogP contribution in [0.3, 0.4) is 0 Å². The van der Waals surface area contributed by atoms with Crippen LogP contribution in [0.2, 0.25) is 5.02 Å². The van der Waals surface area contributed by atoms with Gasteiger partial charge in [0, 0.05) is 31.3 Å². The predicted molar refractivity (Wildman–Crippen MR) is 124 cm³/mol. The summed E-state index contributed by atoms with van der Waals surface area (Å²) in [5.41, 5.74) is 1.99. The highest BCUT2D eigenvalue weighted by molar-refractivity contribution is 6.34. The molecule has 0 radical (unpaired) electrons. The maximum atomic E-state index is 12.9. The summed E-state index contributed by atoms with van der Waals surface area (Å²) in [5, 5.41) is 5.83. The Bertz CT molecular complexity index is 1120. The minimum atomic E-state index is -0.234. The number of carbonyl (C=O) groups excluding carboxylic acids is 2. The third-order valence-corrected chi connectivity index (χ3v) is 5.39. The number of halogens is 1. The highest BCUT2D eigenvalue weighted by atomic mass is 35.5. The van der Waals surface area contributed by atoms with Crippen molar-refractivity contribution in [3.05, 3.63) is 76.7 Å². The van der Waals surface area contributed by atoms with Gasteiger partial charge in [0.15, 0.2) is 11.5 Å². The van der Waals surface area contributed by atoms with E-state index in [0.29, 0.717) is 54.1 Å². The number of nitrogens with zero attached hydrogens (tertiary/aromatic N) is 1. The summed E-state index contributed by atoms with van der Waals surface area (Å²) >= 11 is 6.33. The van der Waals surface area contributed by atoms with Gasteiger partial charge in [0.25, 0.3) is 5.91 Å². The molecule has 3 aromatic rings. The number of amides is 2. The maximum Gasteiger partial charge on any atom is 0.251 e. The zero-order chi connectivity index (χ0) is 23.2. The smallest absolute Gasteiger partial charge is 0.251 e. The molecule has 33 heavy (non-hydrogen) atoms. The Balaban J connectivity index is 1.46. The minimum absolute atomic E-state index is 0.0999. The van der Waals surface area contributed by atoms with Crippen molar-refractivity contribution in [1.29, 1.82) is 0 Å². The Morgan fingerprint density at radius 1 is 1.03 bits per heavy atom. The van der Waals surface area contributed by atoms with Gasteiger partial charge in [-0.15, -0.1) is 0 Å². The van der Waals surface area contributed by atoms with Crippen molar-refractivity contribution >= 4 is 29.1 Å². The topological polar surface area (TPSA) is 93.0 Å². The second kappa shape index (κ2) is 10.4. The second-order valence-corrected chi connectivity index (χ2v) is 7.93. The van der Waals surface area contributed by atoms with Crippen LogP contribution in [0.25, 0.3) is 0 Å². The fourth-order valence-electron chi connectivity index (χ4n) is 3.51. The van der Waals surface area contributed by atoms with Gasteiger partial charge in [0.2, 0.25) is 5.91 Å². The van der Waals surface area contributed by atoms with Crippen LogP contribution in [-0.4, -0.2) is 43.5 Å². The van der Waals surface area contributed by atoms with Gasteiger partial charge >= 0.3 is 0 Å². The molecule has 0 atom stereocenters. The Kier molecular flexibility index (Phi) is 7.16. The summed E-state index contributed by atoms with van der Waals surface area (Å²) < 4.78 is 16.6. The lowest BCUT2D eigenvalue weighted by Crippen LogP contribution is -2.32. The first-order valence-electron chi connectivity index (χ1n) is 10.5. The summed E-state index contributed by atoms with van der Waals surface area (Å²) in [4.78, 5) is 26.6. The van der Waals surface area contributed by atoms with Crippen molar-refractivity contribution in [2.24, 2.45) is 0 Å². The predicted octanol–water partition coefficient (Wildman–Crippen LogP) is 3.70. The normalized spacial score (nSPS) is 12.5. The first-order valence-corrected chi connectivity index (χ1v) is 10.8. The van der Waals surface area contributed by atoms with Crippen LogP contribution in [0.4, 0.5) is 5.69 Å². The Morgan fingerprint density at radius 2 is 1.76 bits per heavy atom. The van der Waals surface area contributed by atoms with Gasteiger partial charge in [-0.05, 0) is 29.8 Å². The lowest BCUT2D eigenvalue weighted by molar-refractivity contribution is -0.117. The highest BCUT2D eigenvalue weighted by Crippen LogP contribution is 2.37. The second-order valence-electron chi connectivity index (χ2n) is 7.52. The molecule has 1 aliphatic rings. The first-order chi connectivity index (χ1) is 16.0. The van der Waals surface area contributed by atoms with Crippen LogP contribution >= 0.6 is 11.6 Å². The van der Waals surface area contributed by atoms with Crippen molar-refractivity contribution < 1.29 is 23.5 Å². The number of ether oxygens (including phenoxy) is 2. The van der Waals surface area contributed by atoms with Crippen LogP contribution in [0.5, 0.6) is 11.5 Å². The quantitative estimate of drug-likeness (QED) is 0.522. The largest absolute Gasteiger partial charge is 0.486 e. The van der Waals surface area contributed by atoms with E-state index in [1.54, 1.807) is 43.6 Å². The summed E-state index contributed by atoms with van der Waals surface area (Å²) in [5.74, 6) is 1.46. The average molecular weight is 470 g/mol. The number of carbonyl (C=O) groups is 2. The van der Waals surface area contributed by atoms with Gasteiger partial charge in [0.05, 0.1) is 30.1 Å². The summed E-state index contributed by atoms with van der Waals surface area (Å²) in [6.45, 7) is 1.92. The number of benzene rings is 2. The van der Waals surface area contributed by atoms with E-state index in [-0.39, 0.29) is 18.4 Å². The highest BCUT2D eigenvalue weighted by Gasteiger charge is 2.18. The Morgan fingerprint density at radius 3 is 2.42 bits per heavy atom.